The molecule has 3 heterocycles. The molecule has 0 spiro atoms. The molecule has 5 rings (SSSR count). The summed E-state index contributed by atoms with van der Waals surface area (Å²) in [7, 11) is 3.20. The van der Waals surface area contributed by atoms with Crippen LogP contribution in [0.4, 0.5) is 0 Å². The van der Waals surface area contributed by atoms with Crippen molar-refractivity contribution in [3.63, 3.8) is 0 Å². The quantitative estimate of drug-likeness (QED) is 0.675. The van der Waals surface area contributed by atoms with Gasteiger partial charge in [0, 0.05) is 51.5 Å². The number of para-hydroxylation sites is 1. The van der Waals surface area contributed by atoms with Crippen LogP contribution in [0.2, 0.25) is 0 Å². The molecule has 2 atom stereocenters. The number of rotatable bonds is 2. The summed E-state index contributed by atoms with van der Waals surface area (Å²) in [6.07, 6.45) is 3.93. The fraction of sp³-hybridized carbons (Fsp3) is 0.542. The number of fused-ring (bicyclic) bond motifs is 5. The molecule has 1 N–H and O–H groups in total. The van der Waals surface area contributed by atoms with Crippen LogP contribution >= 0.6 is 0 Å². The molecule has 3 amide bonds. The molecular formula is C24H30N6O5. The zero-order valence-electron chi connectivity index (χ0n) is 20.0. The van der Waals surface area contributed by atoms with E-state index in [9.17, 15) is 14.4 Å². The highest BCUT2D eigenvalue weighted by atomic mass is 16.5. The number of benzene rings is 1. The Morgan fingerprint density at radius 3 is 2.83 bits per heavy atom. The third kappa shape index (κ3) is 4.80. The molecule has 1 saturated carbocycles. The van der Waals surface area contributed by atoms with Crippen LogP contribution in [-0.2, 0) is 16.2 Å². The van der Waals surface area contributed by atoms with Gasteiger partial charge in [0.1, 0.15) is 12.3 Å². The monoisotopic (exact) mass is 482 g/mol. The van der Waals surface area contributed by atoms with E-state index in [1.165, 1.54) is 7.11 Å². The highest BCUT2D eigenvalue weighted by molar-refractivity contribution is 5.97. The highest BCUT2D eigenvalue weighted by Gasteiger charge is 2.42. The van der Waals surface area contributed by atoms with Gasteiger partial charge in [-0.2, -0.15) is 0 Å². The summed E-state index contributed by atoms with van der Waals surface area (Å²) in [5.41, 5.74) is 0.938. The van der Waals surface area contributed by atoms with Crippen LogP contribution in [0, 0.1) is 11.8 Å². The third-order valence-corrected chi connectivity index (χ3v) is 6.90. The molecule has 186 valence electrons. The Labute approximate surface area is 203 Å². The van der Waals surface area contributed by atoms with Gasteiger partial charge in [-0.1, -0.05) is 11.3 Å². The maximum atomic E-state index is 13.1. The van der Waals surface area contributed by atoms with Gasteiger partial charge in [-0.15, -0.1) is 5.10 Å². The number of nitrogens with zero attached hydrogens (tertiary/aromatic N) is 5. The molecule has 1 saturated heterocycles. The van der Waals surface area contributed by atoms with Crippen molar-refractivity contribution in [2.45, 2.75) is 31.9 Å². The topological polar surface area (TPSA) is 119 Å². The van der Waals surface area contributed by atoms with Crippen LogP contribution in [-0.4, -0.2) is 82.9 Å². The van der Waals surface area contributed by atoms with Crippen molar-refractivity contribution in [3.05, 3.63) is 35.7 Å². The van der Waals surface area contributed by atoms with Gasteiger partial charge in [0.05, 0.1) is 24.9 Å². The van der Waals surface area contributed by atoms with Gasteiger partial charge in [0.2, 0.25) is 11.8 Å². The molecule has 2 aliphatic heterocycles. The number of hydrogen-bond acceptors (Lipinski definition) is 7. The number of carbonyl (C=O) groups is 3. The Morgan fingerprint density at radius 1 is 1.23 bits per heavy atom. The first-order valence-corrected chi connectivity index (χ1v) is 12.0. The number of aromatic nitrogens is 3. The predicted octanol–water partition coefficient (Wildman–Crippen LogP) is 0.867. The molecule has 35 heavy (non-hydrogen) atoms. The first kappa shape index (κ1) is 23.1. The lowest BCUT2D eigenvalue weighted by atomic mass is 9.99. The van der Waals surface area contributed by atoms with Gasteiger partial charge in [0.15, 0.2) is 11.5 Å². The van der Waals surface area contributed by atoms with Gasteiger partial charge in [-0.05, 0) is 25.0 Å². The first-order valence-electron chi connectivity index (χ1n) is 12.0. The summed E-state index contributed by atoms with van der Waals surface area (Å²) >= 11 is 0. The minimum absolute atomic E-state index is 0.0822. The summed E-state index contributed by atoms with van der Waals surface area (Å²) in [5.74, 6) is 0.618. The standard InChI is InChI=1S/C24H30N6O5/c1-28-9-8-25-21(31)10-16-11-29(23(32)15-6-7-15)13-19(16)30-12-17(26-27-30)14-35-22-18(24(28)33)4-3-5-20(22)34-2/h3-5,12,15-16,19H,6-11,13-14H2,1-2H3,(H,25,31)/t16-,19+/m0/s1. The van der Waals surface area contributed by atoms with E-state index in [2.05, 4.69) is 15.6 Å². The third-order valence-electron chi connectivity index (χ3n) is 6.90. The van der Waals surface area contributed by atoms with Crippen molar-refractivity contribution >= 4 is 17.7 Å². The van der Waals surface area contributed by atoms with Gasteiger partial charge >= 0.3 is 0 Å². The molecule has 1 aromatic heterocycles. The largest absolute Gasteiger partial charge is 0.493 e. The molecular weight excluding hydrogens is 452 g/mol. The summed E-state index contributed by atoms with van der Waals surface area (Å²) < 4.78 is 13.2. The Kier molecular flexibility index (Phi) is 6.31. The number of carbonyl (C=O) groups excluding carboxylic acids is 3. The first-order chi connectivity index (χ1) is 16.9. The average molecular weight is 483 g/mol. The van der Waals surface area contributed by atoms with Crippen LogP contribution in [0.3, 0.4) is 0 Å². The highest BCUT2D eigenvalue weighted by Crippen LogP contribution is 2.37. The lowest BCUT2D eigenvalue weighted by molar-refractivity contribution is -0.132. The van der Waals surface area contributed by atoms with E-state index in [1.54, 1.807) is 41.0 Å². The molecule has 2 bridgehead atoms. The lowest BCUT2D eigenvalue weighted by Crippen LogP contribution is -2.37. The molecule has 0 radical (unpaired) electrons. The molecule has 2 aromatic rings. The number of nitrogens with one attached hydrogen (secondary N) is 1. The van der Waals surface area contributed by atoms with E-state index >= 15 is 0 Å². The van der Waals surface area contributed by atoms with E-state index in [-0.39, 0.29) is 48.6 Å². The van der Waals surface area contributed by atoms with Crippen LogP contribution in [0.15, 0.2) is 24.4 Å². The van der Waals surface area contributed by atoms with E-state index in [0.717, 1.165) is 12.8 Å². The Bertz CT molecular complexity index is 1130. The number of likely N-dealkylation sites (N-methyl/N-ethyl adjacent to an activating group) is 1. The lowest BCUT2D eigenvalue weighted by Gasteiger charge is -2.21. The van der Waals surface area contributed by atoms with Gasteiger partial charge in [-0.3, -0.25) is 14.4 Å². The van der Waals surface area contributed by atoms with Crippen molar-refractivity contribution in [1.29, 1.82) is 0 Å². The Hall–Kier alpha value is -3.63. The smallest absolute Gasteiger partial charge is 0.257 e. The molecule has 3 aliphatic rings. The summed E-state index contributed by atoms with van der Waals surface area (Å²) in [4.78, 5) is 42.0. The maximum Gasteiger partial charge on any atom is 0.257 e. The zero-order valence-corrected chi connectivity index (χ0v) is 20.0. The zero-order chi connectivity index (χ0) is 24.5. The van der Waals surface area contributed by atoms with E-state index < -0.39 is 0 Å². The molecule has 0 unspecified atom stereocenters. The van der Waals surface area contributed by atoms with Gasteiger partial charge in [0.25, 0.3) is 5.91 Å². The van der Waals surface area contributed by atoms with Crippen molar-refractivity contribution in [3.8, 4) is 11.5 Å². The number of methoxy groups -OCH3 is 1. The number of hydrogen-bond donors (Lipinski definition) is 1. The van der Waals surface area contributed by atoms with Gasteiger partial charge < -0.3 is 24.6 Å². The molecule has 2 fully saturated rings. The van der Waals surface area contributed by atoms with Gasteiger partial charge in [-0.25, -0.2) is 4.68 Å². The summed E-state index contributed by atoms with van der Waals surface area (Å²) in [6, 6.07) is 5.00. The minimum Gasteiger partial charge on any atom is -0.493 e. The van der Waals surface area contributed by atoms with E-state index in [4.69, 9.17) is 9.47 Å². The second-order valence-corrected chi connectivity index (χ2v) is 9.44. The van der Waals surface area contributed by atoms with E-state index in [1.807, 2.05) is 4.90 Å². The van der Waals surface area contributed by atoms with Crippen LogP contribution < -0.4 is 14.8 Å². The average Bonchev–Trinajstić information content (AvgIpc) is 3.46. The number of amides is 3. The summed E-state index contributed by atoms with van der Waals surface area (Å²) in [6.45, 7) is 1.76. The Balaban J connectivity index is 1.44. The number of likely N-dealkylation sites (tertiary alicyclic amines) is 1. The van der Waals surface area contributed by atoms with Crippen molar-refractivity contribution < 1.29 is 23.9 Å². The van der Waals surface area contributed by atoms with Crippen LogP contribution in [0.25, 0.3) is 0 Å². The second-order valence-electron chi connectivity index (χ2n) is 9.44. The minimum atomic E-state index is -0.242. The molecule has 11 heteroatoms. The molecule has 11 nitrogen and oxygen atoms in total. The SMILES string of the molecule is COc1cccc2c1OCc1cn(nn1)[C@@H]1CN(C(=O)C3CC3)C[C@@H]1CC(=O)NCCN(C)C2=O. The predicted molar refractivity (Wildman–Crippen MR) is 124 cm³/mol. The number of ether oxygens (including phenoxy) is 2. The molecule has 1 aromatic carbocycles. The second kappa shape index (κ2) is 9.55. The fourth-order valence-electron chi connectivity index (χ4n) is 4.78. The summed E-state index contributed by atoms with van der Waals surface area (Å²) in [5, 5.41) is 11.5. The fourth-order valence-corrected chi connectivity index (χ4v) is 4.78. The normalized spacial score (nSPS) is 23.3. The maximum absolute atomic E-state index is 13.1. The molecule has 1 aliphatic carbocycles. The van der Waals surface area contributed by atoms with E-state index in [0.29, 0.717) is 48.9 Å². The van der Waals surface area contributed by atoms with Crippen LogP contribution in [0.1, 0.15) is 41.4 Å². The van der Waals surface area contributed by atoms with Crippen molar-refractivity contribution in [2.75, 3.05) is 40.3 Å². The van der Waals surface area contributed by atoms with Crippen LogP contribution in [0.5, 0.6) is 11.5 Å². The van der Waals surface area contributed by atoms with Crippen molar-refractivity contribution in [1.82, 2.24) is 30.1 Å². The van der Waals surface area contributed by atoms with Crippen molar-refractivity contribution in [2.24, 2.45) is 11.8 Å². The Morgan fingerprint density at radius 2 is 2.06 bits per heavy atom.